The van der Waals surface area contributed by atoms with Crippen molar-refractivity contribution in [3.8, 4) is 22.3 Å². The van der Waals surface area contributed by atoms with E-state index in [-0.39, 0.29) is 24.7 Å². The number of rotatable bonds is 80. The molecule has 1 aliphatic heterocycles. The molecule has 2 amide bonds. The first kappa shape index (κ1) is 94.9. The van der Waals surface area contributed by atoms with Crippen molar-refractivity contribution in [2.24, 2.45) is 0 Å². The van der Waals surface area contributed by atoms with Gasteiger partial charge in [0.25, 0.3) is 11.8 Å². The molecule has 5 rings (SSSR count). The number of hydroxylamine groups is 2. The van der Waals surface area contributed by atoms with Crippen LogP contribution in [-0.4, -0.2) is 341 Å². The average molecular weight is 1550 g/mol. The van der Waals surface area contributed by atoms with Crippen molar-refractivity contribution in [2.75, 3.05) is 318 Å². The molecular formula is C80H129NO28. The number of fused-ring (bicyclic) bond motifs is 3. The van der Waals surface area contributed by atoms with Gasteiger partial charge in [0.2, 0.25) is 0 Å². The van der Waals surface area contributed by atoms with Crippen molar-refractivity contribution in [2.45, 2.75) is 70.1 Å². The summed E-state index contributed by atoms with van der Waals surface area (Å²) in [5.74, 6) is -1.56. The summed E-state index contributed by atoms with van der Waals surface area (Å²) in [6.45, 7) is 24.9. The lowest BCUT2D eigenvalue weighted by molar-refractivity contribution is -0.197. The number of imide groups is 1. The van der Waals surface area contributed by atoms with Crippen LogP contribution in [0.5, 0.6) is 0 Å². The topological polar surface area (TPSA) is 285 Å². The zero-order chi connectivity index (χ0) is 77.1. The van der Waals surface area contributed by atoms with E-state index in [1.807, 2.05) is 0 Å². The monoisotopic (exact) mass is 1550 g/mol. The number of hydrogen-bond acceptors (Lipinski definition) is 28. The third-order valence-corrected chi connectivity index (χ3v) is 16.9. The Labute approximate surface area is 646 Å². The summed E-state index contributed by atoms with van der Waals surface area (Å²) in [5.41, 5.74) is 9.28. The Bertz CT molecular complexity index is 2590. The van der Waals surface area contributed by atoms with Gasteiger partial charge in [0.15, 0.2) is 0 Å². The van der Waals surface area contributed by atoms with E-state index in [0.717, 1.165) is 42.4 Å². The molecule has 0 bridgehead atoms. The molecular weight excluding hydrogens is 1420 g/mol. The van der Waals surface area contributed by atoms with Crippen molar-refractivity contribution < 1.29 is 133 Å². The number of nitrogens with zero attached hydrogens (tertiary/aromatic N) is 1. The number of benzene rings is 3. The summed E-state index contributed by atoms with van der Waals surface area (Å²) < 4.78 is 134. The van der Waals surface area contributed by atoms with E-state index in [1.54, 1.807) is 14.2 Å². The number of carbonyl (C=O) groups is 3. The van der Waals surface area contributed by atoms with Crippen LogP contribution in [0, 0.1) is 6.92 Å². The van der Waals surface area contributed by atoms with Crippen LogP contribution in [0.15, 0.2) is 60.7 Å². The van der Waals surface area contributed by atoms with Crippen molar-refractivity contribution in [3.05, 3.63) is 82.9 Å². The van der Waals surface area contributed by atoms with Gasteiger partial charge in [-0.15, -0.1) is 5.06 Å². The number of hydrogen-bond donors (Lipinski definition) is 0. The van der Waals surface area contributed by atoms with Crippen molar-refractivity contribution in [1.82, 2.24) is 5.06 Å². The van der Waals surface area contributed by atoms with E-state index in [1.165, 1.54) is 27.8 Å². The van der Waals surface area contributed by atoms with E-state index < -0.39 is 17.8 Å². The van der Waals surface area contributed by atoms with Crippen LogP contribution >= 0.6 is 0 Å². The van der Waals surface area contributed by atoms with Crippen molar-refractivity contribution >= 4 is 17.8 Å². The van der Waals surface area contributed by atoms with Crippen molar-refractivity contribution in [3.63, 3.8) is 0 Å². The quantitative estimate of drug-likeness (QED) is 0.0403. The van der Waals surface area contributed by atoms with Gasteiger partial charge in [0, 0.05) is 52.1 Å². The van der Waals surface area contributed by atoms with Crippen LogP contribution in [0.25, 0.3) is 22.3 Å². The molecule has 622 valence electrons. The Kier molecular flexibility index (Phi) is 58.1. The molecule has 0 aromatic heterocycles. The molecule has 2 aliphatic rings. The zero-order valence-corrected chi connectivity index (χ0v) is 65.5. The Morgan fingerprint density at radius 1 is 0.312 bits per heavy atom. The summed E-state index contributed by atoms with van der Waals surface area (Å²) in [4.78, 5) is 41.4. The van der Waals surface area contributed by atoms with Gasteiger partial charge in [-0.1, -0.05) is 60.2 Å². The molecule has 3 aromatic carbocycles. The first-order valence-corrected chi connectivity index (χ1v) is 39.0. The molecule has 0 spiro atoms. The molecule has 0 atom stereocenters. The zero-order valence-electron chi connectivity index (χ0n) is 65.5. The standard InChI is InChI=1S/C80H129NO28/c1-69-9-15-73-74-16-14-72(71-12-10-70(11-13-71)7-4-8-79(84)109-81-77(82)17-18-78(81)83)68-76(74)80(75(73)67-69,19-5-21-87-27-29-91-35-37-95-43-45-99-51-53-103-59-61-107-65-63-105-57-55-101-49-47-97-41-39-93-33-31-89-25-23-85-2)20-6-22-88-28-30-92-36-38-96-44-46-100-52-54-104-60-62-108-66-64-106-58-56-102-50-48-98-42-40-94-34-32-90-26-24-86-3/h9-16,67-68H,4-8,17-66H2,1-3H3. The Balaban J connectivity index is 0.899. The van der Waals surface area contributed by atoms with E-state index in [4.69, 9.17) is 119 Å². The molecule has 0 radical (unpaired) electrons. The molecule has 1 heterocycles. The summed E-state index contributed by atoms with van der Waals surface area (Å²) in [5, 5.41) is 0.600. The highest BCUT2D eigenvalue weighted by Gasteiger charge is 2.43. The lowest BCUT2D eigenvalue weighted by atomic mass is 9.71. The maximum Gasteiger partial charge on any atom is 0.333 e. The number of methoxy groups -OCH3 is 2. The van der Waals surface area contributed by atoms with Crippen molar-refractivity contribution in [1.29, 1.82) is 0 Å². The predicted molar refractivity (Wildman–Crippen MR) is 403 cm³/mol. The lowest BCUT2D eigenvalue weighted by Gasteiger charge is -2.33. The van der Waals surface area contributed by atoms with Crippen LogP contribution in [0.2, 0.25) is 0 Å². The van der Waals surface area contributed by atoms with Crippen LogP contribution < -0.4 is 0 Å². The highest BCUT2D eigenvalue weighted by atomic mass is 16.7. The third-order valence-electron chi connectivity index (χ3n) is 16.9. The fourth-order valence-electron chi connectivity index (χ4n) is 11.4. The third kappa shape index (κ3) is 45.7. The normalized spacial score (nSPS) is 13.2. The Morgan fingerprint density at radius 2 is 0.569 bits per heavy atom. The van der Waals surface area contributed by atoms with Gasteiger partial charge >= 0.3 is 5.97 Å². The minimum absolute atomic E-state index is 0.0596. The van der Waals surface area contributed by atoms with E-state index in [9.17, 15) is 14.4 Å². The van der Waals surface area contributed by atoms with Gasteiger partial charge in [0.05, 0.1) is 291 Å². The Morgan fingerprint density at radius 3 is 0.862 bits per heavy atom. The molecule has 1 saturated heterocycles. The molecule has 1 fully saturated rings. The largest absolute Gasteiger partial charge is 0.382 e. The molecule has 3 aromatic rings. The highest BCUT2D eigenvalue weighted by molar-refractivity contribution is 6.01. The number of ether oxygens (including phenoxy) is 24. The minimum Gasteiger partial charge on any atom is -0.382 e. The molecule has 0 N–H and O–H groups in total. The molecule has 0 saturated carbocycles. The summed E-state index contributed by atoms with van der Waals surface area (Å²) in [6, 6.07) is 22.1. The van der Waals surface area contributed by atoms with Gasteiger partial charge in [0.1, 0.15) is 0 Å². The molecule has 29 nitrogen and oxygen atoms in total. The number of carbonyl (C=O) groups excluding carboxylic acids is 3. The Hall–Kier alpha value is -4.69. The average Bonchev–Trinajstić information content (AvgIpc) is 1.57. The van der Waals surface area contributed by atoms with Gasteiger partial charge in [-0.2, -0.15) is 0 Å². The molecule has 109 heavy (non-hydrogen) atoms. The number of aryl methyl sites for hydroxylation is 2. The maximum absolute atomic E-state index is 12.5. The lowest BCUT2D eigenvalue weighted by Crippen LogP contribution is -2.31. The molecule has 0 unspecified atom stereocenters. The van der Waals surface area contributed by atoms with E-state index >= 15 is 0 Å². The van der Waals surface area contributed by atoms with Crippen LogP contribution in [0.4, 0.5) is 0 Å². The van der Waals surface area contributed by atoms with Crippen LogP contribution in [0.3, 0.4) is 0 Å². The van der Waals surface area contributed by atoms with Gasteiger partial charge in [-0.25, -0.2) is 4.79 Å². The van der Waals surface area contributed by atoms with Gasteiger partial charge < -0.3 is 119 Å². The van der Waals surface area contributed by atoms with Crippen LogP contribution in [-0.2, 0) is 145 Å². The first-order chi connectivity index (χ1) is 53.9. The van der Waals surface area contributed by atoms with Crippen LogP contribution in [0.1, 0.15) is 73.6 Å². The van der Waals surface area contributed by atoms with Gasteiger partial charge in [-0.3, -0.25) is 9.59 Å². The minimum atomic E-state index is -0.595. The fourth-order valence-corrected chi connectivity index (χ4v) is 11.4. The first-order valence-electron chi connectivity index (χ1n) is 39.0. The van der Waals surface area contributed by atoms with E-state index in [2.05, 4.69) is 67.6 Å². The molecule has 1 aliphatic carbocycles. The number of amides is 2. The highest BCUT2D eigenvalue weighted by Crippen LogP contribution is 2.55. The summed E-state index contributed by atoms with van der Waals surface area (Å²) in [6.07, 6.45) is 4.75. The smallest absolute Gasteiger partial charge is 0.333 e. The van der Waals surface area contributed by atoms with E-state index in [0.29, 0.717) is 322 Å². The predicted octanol–water partition coefficient (Wildman–Crippen LogP) is 7.08. The fraction of sp³-hybridized carbons (Fsp3) is 0.738. The summed E-state index contributed by atoms with van der Waals surface area (Å²) >= 11 is 0. The van der Waals surface area contributed by atoms with Gasteiger partial charge in [-0.05, 0) is 90.5 Å². The molecule has 29 heteroatoms. The second kappa shape index (κ2) is 66.7. The maximum atomic E-state index is 12.5. The second-order valence-electron chi connectivity index (χ2n) is 25.2. The SMILES string of the molecule is COCCOCCOCCOCCOCCOCCOCCOCCOCCOCCOCCOCCCC1(CCCOCCOCCOCCOCCOCCOCCOCCOCCOCCOCCOCCOC)c2cc(C)ccc2-c2ccc(-c3ccc(CCCC(=O)ON4C(=O)CCC4=O)cc3)cc21. The second-order valence-corrected chi connectivity index (χ2v) is 25.2. The summed E-state index contributed by atoms with van der Waals surface area (Å²) in [7, 11) is 3.29.